The van der Waals surface area contributed by atoms with Gasteiger partial charge in [-0.05, 0) is 74.9 Å². The van der Waals surface area contributed by atoms with Crippen LogP contribution < -0.4 is 10.1 Å². The Labute approximate surface area is 198 Å². The first-order chi connectivity index (χ1) is 16.2. The molecule has 0 unspecified atom stereocenters. The van der Waals surface area contributed by atoms with E-state index >= 15 is 0 Å². The number of ketones is 1. The molecule has 34 heavy (non-hydrogen) atoms. The fraction of sp³-hybridized carbons (Fsp3) is 0.360. The highest BCUT2D eigenvalue weighted by Gasteiger charge is 2.43. The Kier molecular flexibility index (Phi) is 7.28. The zero-order chi connectivity index (χ0) is 24.9. The average molecular weight is 460 g/mol. The Morgan fingerprint density at radius 2 is 1.88 bits per heavy atom. The van der Waals surface area contributed by atoms with Crippen LogP contribution in [0, 0.1) is 36.5 Å². The Balaban J connectivity index is 2.09. The number of aryl methyl sites for hydroxylation is 2. The third-order valence-electron chi connectivity index (χ3n) is 5.58. The largest absolute Gasteiger partial charge is 0.464 e. The zero-order valence-electron chi connectivity index (χ0n) is 19.6. The molecule has 1 fully saturated rings. The predicted molar refractivity (Wildman–Crippen MR) is 124 cm³/mol. The highest BCUT2D eigenvalue weighted by molar-refractivity contribution is 6.06. The fourth-order valence-corrected chi connectivity index (χ4v) is 3.72. The van der Waals surface area contributed by atoms with Gasteiger partial charge in [0, 0.05) is 18.0 Å². The van der Waals surface area contributed by atoms with Gasteiger partial charge in [0.1, 0.15) is 11.3 Å². The lowest BCUT2D eigenvalue weighted by atomic mass is 10.1. The fourth-order valence-electron chi connectivity index (χ4n) is 3.72. The second kappa shape index (κ2) is 10.1. The summed E-state index contributed by atoms with van der Waals surface area (Å²) in [5, 5.41) is 21.0. The standard InChI is InChI=1S/C25H25N5O4/c1-15-13-18(7-5-11-26)14-16(2)21(15)34-22-19(17(3)31)20(23(32)33-4)28-24(29-22)30-25(9-10-25)8-6-12-27/h5,7,13-14H,6,8-10H2,1-4H3,(H,28,29,30)/b7-5+. The minimum atomic E-state index is -0.784. The minimum absolute atomic E-state index is 0.0620. The number of aromatic nitrogens is 2. The predicted octanol–water partition coefficient (Wildman–Crippen LogP) is 4.66. The van der Waals surface area contributed by atoms with E-state index in [4.69, 9.17) is 20.0 Å². The van der Waals surface area contributed by atoms with E-state index in [1.54, 1.807) is 6.08 Å². The van der Waals surface area contributed by atoms with Gasteiger partial charge in [-0.25, -0.2) is 9.78 Å². The molecule has 1 aromatic heterocycles. The molecule has 1 saturated carbocycles. The van der Waals surface area contributed by atoms with Crippen molar-refractivity contribution in [3.05, 3.63) is 46.2 Å². The smallest absolute Gasteiger partial charge is 0.357 e. The third-order valence-corrected chi connectivity index (χ3v) is 5.58. The second-order valence-corrected chi connectivity index (χ2v) is 8.24. The summed E-state index contributed by atoms with van der Waals surface area (Å²) >= 11 is 0. The Bertz CT molecular complexity index is 1230. The van der Waals surface area contributed by atoms with Crippen LogP contribution in [-0.4, -0.2) is 34.4 Å². The molecule has 0 bridgehead atoms. The van der Waals surface area contributed by atoms with Crippen molar-refractivity contribution in [2.45, 2.75) is 52.0 Å². The summed E-state index contributed by atoms with van der Waals surface area (Å²) in [6.07, 6.45) is 5.73. The first kappa shape index (κ1) is 24.4. The number of benzene rings is 1. The van der Waals surface area contributed by atoms with Crippen molar-refractivity contribution in [1.29, 1.82) is 10.5 Å². The van der Waals surface area contributed by atoms with Crippen molar-refractivity contribution in [2.75, 3.05) is 12.4 Å². The molecule has 0 radical (unpaired) electrons. The molecule has 1 aliphatic rings. The lowest BCUT2D eigenvalue weighted by Crippen LogP contribution is -2.24. The second-order valence-electron chi connectivity index (χ2n) is 8.24. The first-order valence-corrected chi connectivity index (χ1v) is 10.8. The molecule has 9 nitrogen and oxygen atoms in total. The van der Waals surface area contributed by atoms with Gasteiger partial charge in [-0.1, -0.05) is 0 Å². The Morgan fingerprint density at radius 3 is 2.41 bits per heavy atom. The normalized spacial score (nSPS) is 13.6. The molecule has 1 aliphatic carbocycles. The molecule has 0 saturated heterocycles. The Morgan fingerprint density at radius 1 is 1.21 bits per heavy atom. The van der Waals surface area contributed by atoms with Crippen LogP contribution in [0.2, 0.25) is 0 Å². The number of methoxy groups -OCH3 is 1. The first-order valence-electron chi connectivity index (χ1n) is 10.8. The van der Waals surface area contributed by atoms with Crippen LogP contribution >= 0.6 is 0 Å². The van der Waals surface area contributed by atoms with Gasteiger partial charge in [-0.3, -0.25) is 4.79 Å². The highest BCUT2D eigenvalue weighted by atomic mass is 16.5. The monoisotopic (exact) mass is 459 g/mol. The van der Waals surface area contributed by atoms with Gasteiger partial charge in [0.15, 0.2) is 11.5 Å². The number of carbonyl (C=O) groups is 2. The number of Topliss-reactive ketones (excluding diaryl/α,β-unsaturated/α-hetero) is 1. The summed E-state index contributed by atoms with van der Waals surface area (Å²) in [5.41, 5.74) is 1.75. The third kappa shape index (κ3) is 5.38. The number of allylic oxidation sites excluding steroid dienone is 1. The molecule has 9 heteroatoms. The summed E-state index contributed by atoms with van der Waals surface area (Å²) in [4.78, 5) is 33.7. The van der Waals surface area contributed by atoms with Crippen molar-refractivity contribution >= 4 is 23.8 Å². The minimum Gasteiger partial charge on any atom is -0.464 e. The number of nitrogens with zero attached hydrogens (tertiary/aromatic N) is 4. The van der Waals surface area contributed by atoms with E-state index < -0.39 is 11.8 Å². The van der Waals surface area contributed by atoms with E-state index in [0.29, 0.717) is 18.6 Å². The number of nitrogens with one attached hydrogen (secondary N) is 1. The topological polar surface area (TPSA) is 138 Å². The van der Waals surface area contributed by atoms with Crippen LogP contribution in [0.3, 0.4) is 0 Å². The molecule has 2 aromatic rings. The maximum Gasteiger partial charge on any atom is 0.357 e. The van der Waals surface area contributed by atoms with E-state index in [1.807, 2.05) is 32.0 Å². The number of rotatable bonds is 9. The van der Waals surface area contributed by atoms with Crippen LogP contribution in [0.15, 0.2) is 18.2 Å². The van der Waals surface area contributed by atoms with E-state index in [0.717, 1.165) is 29.5 Å². The van der Waals surface area contributed by atoms with Crippen LogP contribution in [0.4, 0.5) is 5.95 Å². The van der Waals surface area contributed by atoms with Gasteiger partial charge in [0.05, 0.1) is 19.2 Å². The van der Waals surface area contributed by atoms with Gasteiger partial charge in [0.25, 0.3) is 0 Å². The van der Waals surface area contributed by atoms with Gasteiger partial charge in [0.2, 0.25) is 11.8 Å². The number of ether oxygens (including phenoxy) is 2. The molecule has 1 aromatic carbocycles. The van der Waals surface area contributed by atoms with Gasteiger partial charge in [-0.2, -0.15) is 15.5 Å². The summed E-state index contributed by atoms with van der Waals surface area (Å²) in [7, 11) is 1.21. The number of hydrogen-bond acceptors (Lipinski definition) is 9. The molecule has 0 aliphatic heterocycles. The van der Waals surface area contributed by atoms with Crippen molar-refractivity contribution in [3.8, 4) is 23.8 Å². The van der Waals surface area contributed by atoms with Crippen LogP contribution in [-0.2, 0) is 4.74 Å². The number of hydrogen-bond donors (Lipinski definition) is 1. The van der Waals surface area contributed by atoms with E-state index in [9.17, 15) is 9.59 Å². The van der Waals surface area contributed by atoms with Crippen molar-refractivity contribution in [1.82, 2.24) is 9.97 Å². The average Bonchev–Trinajstić information content (AvgIpc) is 3.56. The van der Waals surface area contributed by atoms with Crippen LogP contribution in [0.25, 0.3) is 6.08 Å². The summed E-state index contributed by atoms with van der Waals surface area (Å²) < 4.78 is 11.0. The van der Waals surface area contributed by atoms with Crippen molar-refractivity contribution < 1.29 is 19.1 Å². The van der Waals surface area contributed by atoms with Crippen molar-refractivity contribution in [3.63, 3.8) is 0 Å². The molecule has 1 heterocycles. The summed E-state index contributed by atoms with van der Waals surface area (Å²) in [6.45, 7) is 4.97. The summed E-state index contributed by atoms with van der Waals surface area (Å²) in [5.74, 6) is -0.695. The lowest BCUT2D eigenvalue weighted by molar-refractivity contribution is 0.0589. The molecule has 0 atom stereocenters. The maximum absolute atomic E-state index is 12.5. The number of carbonyl (C=O) groups excluding carboxylic acids is 2. The maximum atomic E-state index is 12.5. The van der Waals surface area contributed by atoms with Crippen LogP contribution in [0.1, 0.15) is 70.1 Å². The van der Waals surface area contributed by atoms with Gasteiger partial charge >= 0.3 is 5.97 Å². The van der Waals surface area contributed by atoms with E-state index in [-0.39, 0.29) is 28.6 Å². The molecule has 174 valence electrons. The molecular weight excluding hydrogens is 434 g/mol. The molecule has 1 N–H and O–H groups in total. The molecule has 3 rings (SSSR count). The number of anilines is 1. The number of nitriles is 2. The Hall–Kier alpha value is -4.24. The molecular formula is C25H25N5O4. The number of esters is 1. The van der Waals surface area contributed by atoms with E-state index in [2.05, 4.69) is 21.4 Å². The van der Waals surface area contributed by atoms with Crippen LogP contribution in [0.5, 0.6) is 11.6 Å². The van der Waals surface area contributed by atoms with Crippen molar-refractivity contribution in [2.24, 2.45) is 0 Å². The lowest BCUT2D eigenvalue weighted by Gasteiger charge is -2.19. The highest BCUT2D eigenvalue weighted by Crippen LogP contribution is 2.43. The zero-order valence-corrected chi connectivity index (χ0v) is 19.6. The van der Waals surface area contributed by atoms with Gasteiger partial charge < -0.3 is 14.8 Å². The molecule has 0 amide bonds. The van der Waals surface area contributed by atoms with Gasteiger partial charge in [-0.15, -0.1) is 0 Å². The molecule has 0 spiro atoms. The summed E-state index contributed by atoms with van der Waals surface area (Å²) in [6, 6.07) is 7.78. The van der Waals surface area contributed by atoms with E-state index in [1.165, 1.54) is 20.1 Å². The SMILES string of the molecule is COC(=O)c1nc(NC2(CCC#N)CC2)nc(Oc2c(C)cc(/C=C/C#N)cc2C)c1C(C)=O. The quantitative estimate of drug-likeness (QED) is 0.322.